The topological polar surface area (TPSA) is 0 Å². The Morgan fingerprint density at radius 2 is 0.448 bits per heavy atom. The van der Waals surface area contributed by atoms with Crippen LogP contribution in [-0.2, 0) is 8.28 Å². The molecule has 0 saturated carbocycles. The molecular weight excluding hydrogens is 455 g/mol. The summed E-state index contributed by atoms with van der Waals surface area (Å²) < 4.78 is -1.75. The summed E-state index contributed by atoms with van der Waals surface area (Å²) >= 11 is 0. The summed E-state index contributed by atoms with van der Waals surface area (Å²) in [7, 11) is 19.3. The zero-order valence-electron chi connectivity index (χ0n) is 16.1. The van der Waals surface area contributed by atoms with Gasteiger partial charge in [0.1, 0.15) is 0 Å². The summed E-state index contributed by atoms with van der Waals surface area (Å²) in [6, 6.07) is 0. The van der Waals surface area contributed by atoms with E-state index in [1.807, 2.05) is 60.8 Å². The predicted octanol–water partition coefficient (Wildman–Crippen LogP) is 9.32. The van der Waals surface area contributed by atoms with Crippen LogP contribution in [0.3, 0.4) is 0 Å². The summed E-state index contributed by atoms with van der Waals surface area (Å²) in [5.74, 6) is 0. The number of rotatable bonds is 5. The molecule has 0 atom stereocenters. The van der Waals surface area contributed by atoms with Gasteiger partial charge in [0.05, 0.1) is 0 Å². The second kappa shape index (κ2) is 4.74. The van der Waals surface area contributed by atoms with Crippen molar-refractivity contribution in [2.75, 3.05) is 0 Å². The third kappa shape index (κ3) is 1.56. The van der Waals surface area contributed by atoms with Crippen LogP contribution < -0.4 is 0 Å². The van der Waals surface area contributed by atoms with Crippen molar-refractivity contribution in [3.8, 4) is 0 Å². The average Bonchev–Trinajstić information content (AvgIpc) is 3.58. The molecule has 0 spiro atoms. The fraction of sp³-hybridized carbons (Fsp3) is 0.200. The van der Waals surface area contributed by atoms with Gasteiger partial charge in [0.25, 0.3) is 0 Å². The Labute approximate surface area is 177 Å². The fourth-order valence-electron chi connectivity index (χ4n) is 7.69. The molecule has 0 heterocycles. The molecule has 0 radical (unpaired) electrons. The standard InChI is InChI=1S/5C5H5.3ClH.Ti/c5*1-2-4-5-3-1;;;;/h5*1-5H;3*1H;/q;;;;;;;;+3/p-3. The summed E-state index contributed by atoms with van der Waals surface area (Å²) in [5, 5.41) is 0. The SMILES string of the molecule is [Cl][Ti]([Cl])([Cl])([CH]1C=CC=C1)([CH]1C=CC=C1)([CH]1C=CC=C1)([CH]1C=CC=C1)[CH]1C=CC=C1. The van der Waals surface area contributed by atoms with E-state index in [4.69, 9.17) is 27.9 Å². The van der Waals surface area contributed by atoms with Crippen LogP contribution in [0.2, 0.25) is 21.1 Å². The number of halogens is 3. The first-order valence-electron chi connectivity index (χ1n) is 10.3. The van der Waals surface area contributed by atoms with Crippen LogP contribution in [0.15, 0.2) is 122 Å². The molecule has 0 unspecified atom stereocenters. The van der Waals surface area contributed by atoms with Crippen molar-refractivity contribution >= 4 is 27.9 Å². The van der Waals surface area contributed by atoms with Crippen LogP contribution in [0.25, 0.3) is 0 Å². The van der Waals surface area contributed by atoms with Gasteiger partial charge in [0.2, 0.25) is 0 Å². The Hall–Kier alpha value is -1.02. The van der Waals surface area contributed by atoms with Gasteiger partial charge in [-0.3, -0.25) is 0 Å². The quantitative estimate of drug-likeness (QED) is 0.345. The zero-order chi connectivity index (χ0) is 20.4. The van der Waals surface area contributed by atoms with E-state index in [-0.39, 0.29) is 21.1 Å². The summed E-state index contributed by atoms with van der Waals surface area (Å²) in [6.45, 7) is 0. The van der Waals surface area contributed by atoms with E-state index < -0.39 is 8.28 Å². The van der Waals surface area contributed by atoms with E-state index >= 15 is 0 Å². The van der Waals surface area contributed by atoms with Gasteiger partial charge in [-0.1, -0.05) is 0 Å². The molecule has 29 heavy (non-hydrogen) atoms. The van der Waals surface area contributed by atoms with Crippen molar-refractivity contribution in [2.45, 2.75) is 21.1 Å². The van der Waals surface area contributed by atoms with Crippen molar-refractivity contribution in [1.29, 1.82) is 0 Å². The molecule has 5 rings (SSSR count). The summed E-state index contributed by atoms with van der Waals surface area (Å²) in [6.07, 6.45) is 41.7. The molecule has 0 aromatic heterocycles. The van der Waals surface area contributed by atoms with Gasteiger partial charge in [-0.05, 0) is 0 Å². The van der Waals surface area contributed by atoms with Gasteiger partial charge in [-0.2, -0.15) is 0 Å². The van der Waals surface area contributed by atoms with Gasteiger partial charge in [0.15, 0.2) is 0 Å². The van der Waals surface area contributed by atoms with Gasteiger partial charge in [0, 0.05) is 0 Å². The van der Waals surface area contributed by atoms with E-state index in [9.17, 15) is 0 Å². The van der Waals surface area contributed by atoms with Gasteiger partial charge in [-0.25, -0.2) is 0 Å². The second-order valence-electron chi connectivity index (χ2n) is 10.00. The Morgan fingerprint density at radius 3 is 0.586 bits per heavy atom. The van der Waals surface area contributed by atoms with Crippen molar-refractivity contribution < 1.29 is 8.28 Å². The first-order chi connectivity index (χ1) is 13.7. The van der Waals surface area contributed by atoms with E-state index in [1.165, 1.54) is 0 Å². The van der Waals surface area contributed by atoms with Crippen LogP contribution >= 0.6 is 27.9 Å². The minimum absolute atomic E-state index is 0.350. The summed E-state index contributed by atoms with van der Waals surface area (Å²) in [5.41, 5.74) is 0. The van der Waals surface area contributed by atoms with Crippen LogP contribution in [0.1, 0.15) is 0 Å². The molecule has 0 fully saturated rings. The normalized spacial score (nSPS) is 29.5. The van der Waals surface area contributed by atoms with Crippen molar-refractivity contribution in [3.63, 3.8) is 0 Å². The Balaban J connectivity index is 2.16. The number of allylic oxidation sites excluding steroid dienone is 20. The van der Waals surface area contributed by atoms with Crippen LogP contribution in [0, 0.1) is 0 Å². The van der Waals surface area contributed by atoms with Gasteiger partial charge < -0.3 is 0 Å². The Bertz CT molecular complexity index is 889. The van der Waals surface area contributed by atoms with Crippen LogP contribution in [-0.4, -0.2) is 0 Å². The van der Waals surface area contributed by atoms with Crippen molar-refractivity contribution in [1.82, 2.24) is 0 Å². The molecule has 5 aliphatic rings. The molecule has 150 valence electrons. The van der Waals surface area contributed by atoms with Crippen molar-refractivity contribution in [3.05, 3.63) is 122 Å². The van der Waals surface area contributed by atoms with E-state index in [2.05, 4.69) is 60.8 Å². The Morgan fingerprint density at radius 1 is 0.310 bits per heavy atom. The molecule has 0 nitrogen and oxygen atoms in total. The maximum atomic E-state index is 8.78. The third-order valence-corrected chi connectivity index (χ3v) is 46.0. The first kappa shape index (κ1) is 19.9. The average molecular weight is 480 g/mol. The molecule has 0 saturated heterocycles. The molecule has 0 amide bonds. The summed E-state index contributed by atoms with van der Waals surface area (Å²) in [4.78, 5) is 0. The van der Waals surface area contributed by atoms with Gasteiger partial charge in [-0.15, -0.1) is 0 Å². The van der Waals surface area contributed by atoms with E-state index in [0.29, 0.717) is 0 Å². The predicted molar refractivity (Wildman–Crippen MR) is 128 cm³/mol. The molecule has 4 heteroatoms. The number of hydrogen-bond acceptors (Lipinski definition) is 0. The van der Waals surface area contributed by atoms with Crippen LogP contribution in [0.5, 0.6) is 0 Å². The molecule has 0 N–H and O–H groups in total. The number of hydrogen-bond donors (Lipinski definition) is 0. The first-order valence-corrected chi connectivity index (χ1v) is 21.3. The van der Waals surface area contributed by atoms with Gasteiger partial charge >= 0.3 is 179 Å². The van der Waals surface area contributed by atoms with E-state index in [1.54, 1.807) is 0 Å². The second-order valence-corrected chi connectivity index (χ2v) is 46.8. The molecule has 0 aromatic rings. The zero-order valence-corrected chi connectivity index (χ0v) is 19.9. The minimum atomic E-state index is -7.04. The third-order valence-electron chi connectivity index (χ3n) is 9.48. The molecule has 0 aliphatic heterocycles. The Kier molecular flexibility index (Phi) is 3.26. The van der Waals surface area contributed by atoms with Crippen molar-refractivity contribution in [2.24, 2.45) is 0 Å². The molecule has 0 aromatic carbocycles. The molecule has 5 aliphatic carbocycles. The molecule has 0 bridgehead atoms. The van der Waals surface area contributed by atoms with Crippen LogP contribution in [0.4, 0.5) is 0 Å². The van der Waals surface area contributed by atoms with E-state index in [0.717, 1.165) is 0 Å². The monoisotopic (exact) mass is 478 g/mol. The fourth-order valence-corrected chi connectivity index (χ4v) is 35.7. The maximum absolute atomic E-state index is 8.78. The molecular formula is C25H25Cl3Ti.